The number of fused-ring (bicyclic) bond motifs is 5. The van der Waals surface area contributed by atoms with Gasteiger partial charge in [0.05, 0.1) is 11.4 Å². The standard InChI is InChI=1S/C47H31N3O2/c1-4-15-33(16-5-1)47-48-46-42(50(36-20-8-3-9-21-36)37-25-24-32-14-10-11-17-34(32)28-37)30-39(31-45(46)52-47)49(35-18-6-2-7-19-35)38-26-27-44-41(29-38)40-22-12-13-23-43(40)51-44/h1-31H. The molecule has 246 valence electrons. The van der Waals surface area contributed by atoms with Gasteiger partial charge in [-0.25, -0.2) is 4.98 Å². The maximum atomic E-state index is 6.69. The Kier molecular flexibility index (Phi) is 7.07. The van der Waals surface area contributed by atoms with Gasteiger partial charge in [0.25, 0.3) is 0 Å². The van der Waals surface area contributed by atoms with Crippen LogP contribution in [0.5, 0.6) is 0 Å². The first-order valence-electron chi connectivity index (χ1n) is 17.4. The van der Waals surface area contributed by atoms with E-state index in [-0.39, 0.29) is 0 Å². The van der Waals surface area contributed by atoms with Gasteiger partial charge in [-0.3, -0.25) is 0 Å². The molecular weight excluding hydrogens is 639 g/mol. The Bertz CT molecular complexity index is 2860. The molecule has 0 aliphatic rings. The Morgan fingerprint density at radius 1 is 0.365 bits per heavy atom. The summed E-state index contributed by atoms with van der Waals surface area (Å²) in [6.45, 7) is 0. The summed E-state index contributed by atoms with van der Waals surface area (Å²) in [5.74, 6) is 0.568. The summed E-state index contributed by atoms with van der Waals surface area (Å²) < 4.78 is 12.9. The predicted octanol–water partition coefficient (Wildman–Crippen LogP) is 13.5. The molecular formula is C47H31N3O2. The molecule has 52 heavy (non-hydrogen) atoms. The van der Waals surface area contributed by atoms with Crippen LogP contribution in [-0.4, -0.2) is 4.98 Å². The van der Waals surface area contributed by atoms with E-state index in [9.17, 15) is 0 Å². The molecule has 0 fully saturated rings. The van der Waals surface area contributed by atoms with E-state index in [0.717, 1.165) is 72.5 Å². The number of benzene rings is 8. The van der Waals surface area contributed by atoms with E-state index in [1.54, 1.807) is 0 Å². The molecule has 0 spiro atoms. The fourth-order valence-corrected chi connectivity index (χ4v) is 7.20. The zero-order chi connectivity index (χ0) is 34.4. The second-order valence-electron chi connectivity index (χ2n) is 12.8. The summed E-state index contributed by atoms with van der Waals surface area (Å²) in [6, 6.07) is 65.0. The third-order valence-electron chi connectivity index (χ3n) is 9.62. The van der Waals surface area contributed by atoms with Crippen molar-refractivity contribution in [3.05, 3.63) is 188 Å². The van der Waals surface area contributed by atoms with Gasteiger partial charge in [0.15, 0.2) is 5.58 Å². The summed E-state index contributed by atoms with van der Waals surface area (Å²) in [6.07, 6.45) is 0. The number of nitrogens with zero attached hydrogens (tertiary/aromatic N) is 3. The number of anilines is 6. The molecule has 5 nitrogen and oxygen atoms in total. The maximum Gasteiger partial charge on any atom is 0.227 e. The van der Waals surface area contributed by atoms with E-state index in [1.165, 1.54) is 5.39 Å². The van der Waals surface area contributed by atoms with Crippen LogP contribution in [0.2, 0.25) is 0 Å². The van der Waals surface area contributed by atoms with Crippen LogP contribution in [0.15, 0.2) is 197 Å². The molecule has 10 aromatic rings. The van der Waals surface area contributed by atoms with Crippen molar-refractivity contribution in [1.82, 2.24) is 4.98 Å². The Hall–Kier alpha value is -7.11. The van der Waals surface area contributed by atoms with Crippen molar-refractivity contribution in [2.24, 2.45) is 0 Å². The van der Waals surface area contributed by atoms with Crippen molar-refractivity contribution >= 4 is 77.9 Å². The Morgan fingerprint density at radius 3 is 1.77 bits per heavy atom. The van der Waals surface area contributed by atoms with Crippen molar-refractivity contribution in [2.45, 2.75) is 0 Å². The molecule has 0 amide bonds. The largest absolute Gasteiger partial charge is 0.456 e. The van der Waals surface area contributed by atoms with Crippen molar-refractivity contribution < 1.29 is 8.83 Å². The molecule has 10 rings (SSSR count). The summed E-state index contributed by atoms with van der Waals surface area (Å²) in [5, 5.41) is 4.48. The lowest BCUT2D eigenvalue weighted by atomic mass is 10.1. The zero-order valence-corrected chi connectivity index (χ0v) is 28.1. The minimum absolute atomic E-state index is 0.568. The van der Waals surface area contributed by atoms with Gasteiger partial charge in [-0.15, -0.1) is 0 Å². The highest BCUT2D eigenvalue weighted by molar-refractivity contribution is 6.07. The number of rotatable bonds is 7. The van der Waals surface area contributed by atoms with Crippen LogP contribution in [0.25, 0.3) is 55.3 Å². The van der Waals surface area contributed by atoms with Gasteiger partial charge < -0.3 is 18.6 Å². The van der Waals surface area contributed by atoms with Gasteiger partial charge in [0.1, 0.15) is 16.7 Å². The van der Waals surface area contributed by atoms with Gasteiger partial charge in [0.2, 0.25) is 5.89 Å². The molecule has 0 radical (unpaired) electrons. The quantitative estimate of drug-likeness (QED) is 0.169. The Labute approximate surface area is 300 Å². The van der Waals surface area contributed by atoms with Crippen LogP contribution >= 0.6 is 0 Å². The lowest BCUT2D eigenvalue weighted by molar-refractivity contribution is 0.620. The summed E-state index contributed by atoms with van der Waals surface area (Å²) in [7, 11) is 0. The number of aromatic nitrogens is 1. The smallest absolute Gasteiger partial charge is 0.227 e. The third kappa shape index (κ3) is 5.15. The lowest BCUT2D eigenvalue weighted by Gasteiger charge is -2.29. The summed E-state index contributed by atoms with van der Waals surface area (Å²) in [5.41, 5.74) is 9.96. The molecule has 2 heterocycles. The van der Waals surface area contributed by atoms with Crippen LogP contribution in [0, 0.1) is 0 Å². The first-order valence-corrected chi connectivity index (χ1v) is 17.4. The number of para-hydroxylation sites is 3. The van der Waals surface area contributed by atoms with Gasteiger partial charge >= 0.3 is 0 Å². The van der Waals surface area contributed by atoms with Gasteiger partial charge in [0, 0.05) is 45.2 Å². The number of furan rings is 1. The zero-order valence-electron chi connectivity index (χ0n) is 28.1. The molecule has 0 unspecified atom stereocenters. The highest BCUT2D eigenvalue weighted by Crippen LogP contribution is 2.46. The summed E-state index contributed by atoms with van der Waals surface area (Å²) >= 11 is 0. The highest BCUT2D eigenvalue weighted by Gasteiger charge is 2.24. The summed E-state index contributed by atoms with van der Waals surface area (Å²) in [4.78, 5) is 9.75. The average Bonchev–Trinajstić information content (AvgIpc) is 3.81. The predicted molar refractivity (Wildman–Crippen MR) is 214 cm³/mol. The van der Waals surface area contributed by atoms with Crippen LogP contribution in [-0.2, 0) is 0 Å². The van der Waals surface area contributed by atoms with Crippen molar-refractivity contribution in [1.29, 1.82) is 0 Å². The molecule has 0 saturated heterocycles. The fraction of sp³-hybridized carbons (Fsp3) is 0. The van der Waals surface area contributed by atoms with Crippen LogP contribution < -0.4 is 9.80 Å². The van der Waals surface area contributed by atoms with E-state index in [1.807, 2.05) is 54.6 Å². The van der Waals surface area contributed by atoms with E-state index in [2.05, 4.69) is 143 Å². The second-order valence-corrected chi connectivity index (χ2v) is 12.8. The molecule has 0 aliphatic carbocycles. The third-order valence-corrected chi connectivity index (χ3v) is 9.62. The molecule has 0 saturated carbocycles. The molecule has 0 aliphatic heterocycles. The number of oxazole rings is 1. The lowest BCUT2D eigenvalue weighted by Crippen LogP contribution is -2.13. The molecule has 0 N–H and O–H groups in total. The molecule has 8 aromatic carbocycles. The first kappa shape index (κ1) is 29.8. The van der Waals surface area contributed by atoms with Crippen molar-refractivity contribution in [3.63, 3.8) is 0 Å². The SMILES string of the molecule is c1ccc(-c2nc3c(N(c4ccccc4)c4ccc5ccccc5c4)cc(N(c4ccccc4)c4ccc5oc6ccccc6c5c4)cc3o2)cc1. The van der Waals surface area contributed by atoms with Gasteiger partial charge in [-0.2, -0.15) is 0 Å². The van der Waals surface area contributed by atoms with Crippen LogP contribution in [0.4, 0.5) is 34.1 Å². The fourth-order valence-electron chi connectivity index (χ4n) is 7.20. The monoisotopic (exact) mass is 669 g/mol. The minimum Gasteiger partial charge on any atom is -0.456 e. The topological polar surface area (TPSA) is 45.7 Å². The van der Waals surface area contributed by atoms with E-state index >= 15 is 0 Å². The van der Waals surface area contributed by atoms with Crippen molar-refractivity contribution in [2.75, 3.05) is 9.80 Å². The minimum atomic E-state index is 0.568. The number of hydrogen-bond acceptors (Lipinski definition) is 5. The van der Waals surface area contributed by atoms with Gasteiger partial charge in [-0.1, -0.05) is 103 Å². The normalized spacial score (nSPS) is 11.5. The highest BCUT2D eigenvalue weighted by atomic mass is 16.3. The van der Waals surface area contributed by atoms with E-state index < -0.39 is 0 Å². The van der Waals surface area contributed by atoms with Crippen LogP contribution in [0.3, 0.4) is 0 Å². The van der Waals surface area contributed by atoms with E-state index in [4.69, 9.17) is 13.8 Å². The molecule has 5 heteroatoms. The molecule has 0 bridgehead atoms. The van der Waals surface area contributed by atoms with Crippen LogP contribution in [0.1, 0.15) is 0 Å². The van der Waals surface area contributed by atoms with Crippen molar-refractivity contribution in [3.8, 4) is 11.5 Å². The van der Waals surface area contributed by atoms with Gasteiger partial charge in [-0.05, 0) is 89.6 Å². The molecule has 0 atom stereocenters. The maximum absolute atomic E-state index is 6.69. The Morgan fingerprint density at radius 2 is 0.981 bits per heavy atom. The Balaban J connectivity index is 1.26. The first-order chi connectivity index (χ1) is 25.8. The second kappa shape index (κ2) is 12.3. The molecule has 2 aromatic heterocycles. The average molecular weight is 670 g/mol. The van der Waals surface area contributed by atoms with E-state index in [0.29, 0.717) is 11.5 Å². The number of hydrogen-bond donors (Lipinski definition) is 0.